The Morgan fingerprint density at radius 3 is 2.50 bits per heavy atom. The standard InChI is InChI=1S/C18H24N4O2/c1-13(12-23)22-18(24)15(19)17(21-10-6-3-7-11-21)16(20-22)14-8-4-2-5-9-14/h2,4-5,8-9,13,23H,3,6-7,10-12,19H2,1H3. The number of hydrogen-bond acceptors (Lipinski definition) is 5. The minimum absolute atomic E-state index is 0.163. The fraction of sp³-hybridized carbons (Fsp3) is 0.444. The van der Waals surface area contributed by atoms with E-state index < -0.39 is 6.04 Å². The van der Waals surface area contributed by atoms with Crippen LogP contribution in [-0.2, 0) is 0 Å². The molecule has 1 aromatic heterocycles. The fourth-order valence-electron chi connectivity index (χ4n) is 3.16. The van der Waals surface area contributed by atoms with E-state index in [1.807, 2.05) is 30.3 Å². The number of aliphatic hydroxyl groups excluding tert-OH is 1. The number of piperidine rings is 1. The molecule has 0 bridgehead atoms. The van der Waals surface area contributed by atoms with Crippen molar-refractivity contribution in [3.05, 3.63) is 40.7 Å². The Morgan fingerprint density at radius 1 is 1.21 bits per heavy atom. The Kier molecular flexibility index (Phi) is 4.85. The van der Waals surface area contributed by atoms with Gasteiger partial charge in [-0.25, -0.2) is 4.68 Å². The van der Waals surface area contributed by atoms with Crippen molar-refractivity contribution in [2.24, 2.45) is 0 Å². The van der Waals surface area contributed by atoms with E-state index in [0.717, 1.165) is 37.2 Å². The third-order valence-corrected chi connectivity index (χ3v) is 4.53. The van der Waals surface area contributed by atoms with Crippen molar-refractivity contribution in [3.8, 4) is 11.3 Å². The number of nitrogen functional groups attached to an aromatic ring is 1. The molecule has 0 aliphatic carbocycles. The third kappa shape index (κ3) is 3.01. The molecule has 2 heterocycles. The second-order valence-electron chi connectivity index (χ2n) is 6.31. The van der Waals surface area contributed by atoms with Gasteiger partial charge < -0.3 is 15.7 Å². The molecule has 6 nitrogen and oxygen atoms in total. The van der Waals surface area contributed by atoms with Gasteiger partial charge in [-0.1, -0.05) is 30.3 Å². The summed E-state index contributed by atoms with van der Waals surface area (Å²) in [6.45, 7) is 3.35. The van der Waals surface area contributed by atoms with Crippen molar-refractivity contribution in [2.45, 2.75) is 32.2 Å². The Morgan fingerprint density at radius 2 is 1.88 bits per heavy atom. The van der Waals surface area contributed by atoms with Crippen LogP contribution in [0.25, 0.3) is 11.3 Å². The van der Waals surface area contributed by atoms with Crippen molar-refractivity contribution in [3.63, 3.8) is 0 Å². The lowest BCUT2D eigenvalue weighted by atomic mass is 10.1. The van der Waals surface area contributed by atoms with Crippen molar-refractivity contribution < 1.29 is 5.11 Å². The molecule has 0 radical (unpaired) electrons. The maximum absolute atomic E-state index is 12.7. The second kappa shape index (κ2) is 7.05. The van der Waals surface area contributed by atoms with Crippen LogP contribution in [0.3, 0.4) is 0 Å². The first-order valence-corrected chi connectivity index (χ1v) is 8.47. The SMILES string of the molecule is CC(CO)n1nc(-c2ccccc2)c(N2CCCCC2)c(N)c1=O. The number of anilines is 2. The zero-order valence-corrected chi connectivity index (χ0v) is 14.0. The first-order chi connectivity index (χ1) is 11.6. The summed E-state index contributed by atoms with van der Waals surface area (Å²) < 4.78 is 1.30. The summed E-state index contributed by atoms with van der Waals surface area (Å²) in [4.78, 5) is 14.8. The summed E-state index contributed by atoms with van der Waals surface area (Å²) >= 11 is 0. The van der Waals surface area contributed by atoms with Crippen molar-refractivity contribution in [1.82, 2.24) is 9.78 Å². The Bertz CT molecular complexity index is 752. The van der Waals surface area contributed by atoms with E-state index >= 15 is 0 Å². The highest BCUT2D eigenvalue weighted by Gasteiger charge is 2.24. The largest absolute Gasteiger partial charge is 0.394 e. The molecule has 2 aromatic rings. The minimum Gasteiger partial charge on any atom is -0.394 e. The second-order valence-corrected chi connectivity index (χ2v) is 6.31. The molecule has 1 saturated heterocycles. The summed E-state index contributed by atoms with van der Waals surface area (Å²) in [5.74, 6) is 0. The first kappa shape index (κ1) is 16.5. The van der Waals surface area contributed by atoms with Crippen LogP contribution in [0.2, 0.25) is 0 Å². The molecule has 1 fully saturated rings. The number of aromatic nitrogens is 2. The summed E-state index contributed by atoms with van der Waals surface area (Å²) in [5.41, 5.74) is 8.48. The quantitative estimate of drug-likeness (QED) is 0.897. The number of benzene rings is 1. The Balaban J connectivity index is 2.22. The third-order valence-electron chi connectivity index (χ3n) is 4.53. The maximum Gasteiger partial charge on any atom is 0.292 e. The van der Waals surface area contributed by atoms with E-state index in [0.29, 0.717) is 5.69 Å². The molecule has 1 aliphatic heterocycles. The highest BCUT2D eigenvalue weighted by molar-refractivity contribution is 5.83. The van der Waals surface area contributed by atoms with E-state index in [9.17, 15) is 9.90 Å². The monoisotopic (exact) mass is 328 g/mol. The number of hydrogen-bond donors (Lipinski definition) is 2. The lowest BCUT2D eigenvalue weighted by Gasteiger charge is -2.31. The van der Waals surface area contributed by atoms with Gasteiger partial charge in [-0.15, -0.1) is 0 Å². The average Bonchev–Trinajstić information content (AvgIpc) is 2.64. The van der Waals surface area contributed by atoms with Gasteiger partial charge in [0.05, 0.1) is 18.3 Å². The molecule has 1 atom stereocenters. The van der Waals surface area contributed by atoms with Crippen LogP contribution in [0.5, 0.6) is 0 Å². The van der Waals surface area contributed by atoms with Gasteiger partial charge in [-0.2, -0.15) is 5.10 Å². The van der Waals surface area contributed by atoms with Gasteiger partial charge in [0.2, 0.25) is 0 Å². The molecule has 3 N–H and O–H groups in total. The van der Waals surface area contributed by atoms with Crippen molar-refractivity contribution in [2.75, 3.05) is 30.3 Å². The van der Waals surface area contributed by atoms with Crippen LogP contribution in [0.4, 0.5) is 11.4 Å². The molecule has 3 rings (SSSR count). The zero-order chi connectivity index (χ0) is 17.1. The Labute approximate surface area is 141 Å². The molecule has 1 unspecified atom stereocenters. The van der Waals surface area contributed by atoms with E-state index in [1.54, 1.807) is 6.92 Å². The summed E-state index contributed by atoms with van der Waals surface area (Å²) in [5, 5.41) is 14.0. The van der Waals surface area contributed by atoms with Gasteiger partial charge in [0, 0.05) is 18.7 Å². The van der Waals surface area contributed by atoms with Crippen LogP contribution >= 0.6 is 0 Å². The van der Waals surface area contributed by atoms with E-state index in [1.165, 1.54) is 11.1 Å². The molecule has 24 heavy (non-hydrogen) atoms. The van der Waals surface area contributed by atoms with Gasteiger partial charge in [0.25, 0.3) is 5.56 Å². The maximum atomic E-state index is 12.7. The topological polar surface area (TPSA) is 84.4 Å². The number of nitrogens with zero attached hydrogens (tertiary/aromatic N) is 3. The summed E-state index contributed by atoms with van der Waals surface area (Å²) in [6.07, 6.45) is 3.37. The molecule has 0 amide bonds. The normalized spacial score (nSPS) is 16.2. The van der Waals surface area contributed by atoms with Gasteiger partial charge in [0.1, 0.15) is 11.4 Å². The van der Waals surface area contributed by atoms with Crippen LogP contribution < -0.4 is 16.2 Å². The predicted octanol–water partition coefficient (Wildman–Crippen LogP) is 2.04. The van der Waals surface area contributed by atoms with Crippen molar-refractivity contribution >= 4 is 11.4 Å². The summed E-state index contributed by atoms with van der Waals surface area (Å²) in [7, 11) is 0. The Hall–Kier alpha value is -2.34. The molecule has 6 heteroatoms. The molecule has 1 aromatic carbocycles. The fourth-order valence-corrected chi connectivity index (χ4v) is 3.16. The lowest BCUT2D eigenvalue weighted by molar-refractivity contribution is 0.226. The molecular formula is C18H24N4O2. The van der Waals surface area contributed by atoms with Crippen molar-refractivity contribution in [1.29, 1.82) is 0 Å². The highest BCUT2D eigenvalue weighted by Crippen LogP contribution is 2.34. The predicted molar refractivity (Wildman–Crippen MR) is 96.2 cm³/mol. The van der Waals surface area contributed by atoms with E-state index in [-0.39, 0.29) is 17.9 Å². The molecular weight excluding hydrogens is 304 g/mol. The number of aliphatic hydroxyl groups is 1. The van der Waals surface area contributed by atoms with Gasteiger partial charge in [0.15, 0.2) is 0 Å². The lowest BCUT2D eigenvalue weighted by Crippen LogP contribution is -2.36. The summed E-state index contributed by atoms with van der Waals surface area (Å²) in [6, 6.07) is 9.34. The average molecular weight is 328 g/mol. The van der Waals surface area contributed by atoms with Crippen LogP contribution in [-0.4, -0.2) is 34.6 Å². The molecule has 128 valence electrons. The van der Waals surface area contributed by atoms with Gasteiger partial charge in [-0.3, -0.25) is 4.79 Å². The van der Waals surface area contributed by atoms with E-state index in [4.69, 9.17) is 5.73 Å². The van der Waals surface area contributed by atoms with Crippen LogP contribution in [0, 0.1) is 0 Å². The highest BCUT2D eigenvalue weighted by atomic mass is 16.3. The van der Waals surface area contributed by atoms with Crippen LogP contribution in [0.15, 0.2) is 35.1 Å². The van der Waals surface area contributed by atoms with Crippen LogP contribution in [0.1, 0.15) is 32.2 Å². The minimum atomic E-state index is -0.419. The van der Waals surface area contributed by atoms with Gasteiger partial charge in [-0.05, 0) is 26.2 Å². The molecule has 0 spiro atoms. The smallest absolute Gasteiger partial charge is 0.292 e. The first-order valence-electron chi connectivity index (χ1n) is 8.47. The number of rotatable bonds is 4. The number of nitrogens with two attached hydrogens (primary N) is 1. The van der Waals surface area contributed by atoms with E-state index in [2.05, 4.69) is 10.00 Å². The van der Waals surface area contributed by atoms with Gasteiger partial charge >= 0.3 is 0 Å². The molecule has 1 aliphatic rings. The molecule has 0 saturated carbocycles. The zero-order valence-electron chi connectivity index (χ0n) is 14.0.